The molecule has 6 nitrogen and oxygen atoms in total. The van der Waals surface area contributed by atoms with E-state index in [1.807, 2.05) is 6.92 Å². The van der Waals surface area contributed by atoms with Crippen LogP contribution in [0.3, 0.4) is 0 Å². The van der Waals surface area contributed by atoms with Crippen LogP contribution < -0.4 is 16.4 Å². The first kappa shape index (κ1) is 15.9. The highest BCUT2D eigenvalue weighted by atomic mass is 16.5. The second-order valence-electron chi connectivity index (χ2n) is 4.19. The minimum absolute atomic E-state index is 0.0565. The van der Waals surface area contributed by atoms with Gasteiger partial charge < -0.3 is 21.1 Å². The van der Waals surface area contributed by atoms with E-state index in [1.165, 1.54) is 0 Å². The van der Waals surface area contributed by atoms with Crippen LogP contribution in [0.15, 0.2) is 0 Å². The molecule has 0 aliphatic rings. The molecule has 0 bridgehead atoms. The molecule has 0 rings (SSSR count). The van der Waals surface area contributed by atoms with E-state index in [-0.39, 0.29) is 18.4 Å². The van der Waals surface area contributed by atoms with Gasteiger partial charge in [0.05, 0.1) is 18.7 Å². The summed E-state index contributed by atoms with van der Waals surface area (Å²) < 4.78 is 4.78. The molecule has 0 saturated carbocycles. The molecule has 0 aromatic carbocycles. The summed E-state index contributed by atoms with van der Waals surface area (Å²) in [5.74, 6) is -0.552. The maximum Gasteiger partial charge on any atom is 0.240 e. The Hall–Kier alpha value is -1.14. The van der Waals surface area contributed by atoms with Crippen molar-refractivity contribution in [2.24, 2.45) is 5.73 Å². The van der Waals surface area contributed by atoms with Gasteiger partial charge in [-0.3, -0.25) is 9.59 Å². The molecule has 100 valence electrons. The lowest BCUT2D eigenvalue weighted by atomic mass is 9.97. The molecule has 0 saturated heterocycles. The Bertz CT molecular complexity index is 254. The minimum Gasteiger partial charge on any atom is -0.383 e. The number of carbonyl (C=O) groups excluding carboxylic acids is 2. The van der Waals surface area contributed by atoms with Crippen LogP contribution in [0.2, 0.25) is 0 Å². The number of rotatable bonds is 8. The van der Waals surface area contributed by atoms with Crippen molar-refractivity contribution in [2.75, 3.05) is 26.8 Å². The highest BCUT2D eigenvalue weighted by molar-refractivity contribution is 5.89. The lowest BCUT2D eigenvalue weighted by Crippen LogP contribution is -2.53. The second-order valence-corrected chi connectivity index (χ2v) is 4.19. The molecule has 17 heavy (non-hydrogen) atoms. The van der Waals surface area contributed by atoms with Gasteiger partial charge in [-0.05, 0) is 13.3 Å². The molecule has 0 aliphatic carbocycles. The average molecular weight is 245 g/mol. The van der Waals surface area contributed by atoms with E-state index in [0.29, 0.717) is 19.6 Å². The largest absolute Gasteiger partial charge is 0.383 e. The van der Waals surface area contributed by atoms with Crippen molar-refractivity contribution in [1.82, 2.24) is 10.6 Å². The number of methoxy groups -OCH3 is 1. The fraction of sp³-hybridized carbons (Fsp3) is 0.818. The summed E-state index contributed by atoms with van der Waals surface area (Å²) in [6.07, 6.45) is 1.41. The van der Waals surface area contributed by atoms with E-state index in [4.69, 9.17) is 10.5 Å². The molecule has 0 aliphatic heterocycles. The van der Waals surface area contributed by atoms with Gasteiger partial charge in [0.25, 0.3) is 0 Å². The second kappa shape index (κ2) is 8.03. The number of carbonyl (C=O) groups is 2. The minimum atomic E-state index is -0.915. The topological polar surface area (TPSA) is 93.5 Å². The maximum atomic E-state index is 11.6. The van der Waals surface area contributed by atoms with Gasteiger partial charge in [-0.15, -0.1) is 0 Å². The van der Waals surface area contributed by atoms with Crippen molar-refractivity contribution in [3.63, 3.8) is 0 Å². The first-order chi connectivity index (χ1) is 7.94. The van der Waals surface area contributed by atoms with Crippen molar-refractivity contribution in [3.05, 3.63) is 0 Å². The summed E-state index contributed by atoms with van der Waals surface area (Å²) in [4.78, 5) is 22.9. The lowest BCUT2D eigenvalue weighted by molar-refractivity contribution is -0.129. The fourth-order valence-corrected chi connectivity index (χ4v) is 1.35. The Morgan fingerprint density at radius 1 is 1.35 bits per heavy atom. The van der Waals surface area contributed by atoms with Gasteiger partial charge in [0.15, 0.2) is 0 Å². The van der Waals surface area contributed by atoms with Crippen LogP contribution in [0, 0.1) is 0 Å². The zero-order chi connectivity index (χ0) is 13.3. The molecule has 0 spiro atoms. The third-order valence-electron chi connectivity index (χ3n) is 2.33. The Balaban J connectivity index is 3.87. The zero-order valence-corrected chi connectivity index (χ0v) is 10.8. The van der Waals surface area contributed by atoms with E-state index >= 15 is 0 Å². The molecular weight excluding hydrogens is 222 g/mol. The van der Waals surface area contributed by atoms with Gasteiger partial charge in [0.2, 0.25) is 11.8 Å². The molecule has 4 N–H and O–H groups in total. The molecule has 1 unspecified atom stereocenters. The molecule has 0 aromatic heterocycles. The summed E-state index contributed by atoms with van der Waals surface area (Å²) >= 11 is 0. The smallest absolute Gasteiger partial charge is 0.240 e. The Labute approximate surface area is 102 Å². The molecule has 0 radical (unpaired) electrons. The van der Waals surface area contributed by atoms with Crippen LogP contribution in [0.4, 0.5) is 0 Å². The van der Waals surface area contributed by atoms with Crippen molar-refractivity contribution in [2.45, 2.75) is 32.2 Å². The summed E-state index contributed by atoms with van der Waals surface area (Å²) in [5, 5.41) is 5.12. The maximum absolute atomic E-state index is 11.6. The van der Waals surface area contributed by atoms with Gasteiger partial charge in [-0.1, -0.05) is 13.3 Å². The van der Waals surface area contributed by atoms with E-state index in [2.05, 4.69) is 10.6 Å². The summed E-state index contributed by atoms with van der Waals surface area (Å²) in [6.45, 7) is 4.44. The number of hydrogen-bond acceptors (Lipinski definition) is 4. The van der Waals surface area contributed by atoms with Gasteiger partial charge in [-0.2, -0.15) is 0 Å². The Morgan fingerprint density at radius 3 is 2.53 bits per heavy atom. The highest BCUT2D eigenvalue weighted by Gasteiger charge is 2.27. The number of hydrogen-bond donors (Lipinski definition) is 3. The van der Waals surface area contributed by atoms with E-state index in [9.17, 15) is 9.59 Å². The monoisotopic (exact) mass is 245 g/mol. The summed E-state index contributed by atoms with van der Waals surface area (Å²) in [5.41, 5.74) is 4.90. The summed E-state index contributed by atoms with van der Waals surface area (Å²) in [6, 6.07) is 0. The third kappa shape index (κ3) is 6.91. The van der Waals surface area contributed by atoms with Gasteiger partial charge in [-0.25, -0.2) is 0 Å². The molecule has 0 fully saturated rings. The van der Waals surface area contributed by atoms with E-state index < -0.39 is 5.54 Å². The van der Waals surface area contributed by atoms with Crippen LogP contribution in [0.1, 0.15) is 26.7 Å². The third-order valence-corrected chi connectivity index (χ3v) is 2.33. The lowest BCUT2D eigenvalue weighted by Gasteiger charge is -2.22. The van der Waals surface area contributed by atoms with E-state index in [0.717, 1.165) is 6.42 Å². The Kier molecular flexibility index (Phi) is 7.49. The SMILES string of the molecule is CCCC(C)(N)C(=O)NCC(=O)NCCOC. The van der Waals surface area contributed by atoms with Crippen molar-refractivity contribution >= 4 is 11.8 Å². The van der Waals surface area contributed by atoms with Gasteiger partial charge in [0.1, 0.15) is 0 Å². The first-order valence-electron chi connectivity index (χ1n) is 5.77. The average Bonchev–Trinajstić information content (AvgIpc) is 2.26. The molecule has 6 heteroatoms. The fourth-order valence-electron chi connectivity index (χ4n) is 1.35. The standard InChI is InChI=1S/C11H23N3O3/c1-4-5-11(2,12)10(16)14-8-9(15)13-6-7-17-3/h4-8,12H2,1-3H3,(H,13,15)(H,14,16). The highest BCUT2D eigenvalue weighted by Crippen LogP contribution is 2.07. The van der Waals surface area contributed by atoms with Crippen LogP contribution in [0.5, 0.6) is 0 Å². The molecule has 0 aromatic rings. The Morgan fingerprint density at radius 2 is 2.00 bits per heavy atom. The molecule has 0 heterocycles. The van der Waals surface area contributed by atoms with Gasteiger partial charge in [0, 0.05) is 13.7 Å². The number of nitrogens with two attached hydrogens (primary N) is 1. The molecule has 1 atom stereocenters. The zero-order valence-electron chi connectivity index (χ0n) is 10.8. The van der Waals surface area contributed by atoms with Crippen LogP contribution in [-0.2, 0) is 14.3 Å². The quantitative estimate of drug-likeness (QED) is 0.497. The number of nitrogens with one attached hydrogen (secondary N) is 2. The predicted molar refractivity (Wildman–Crippen MR) is 65.4 cm³/mol. The van der Waals surface area contributed by atoms with Crippen molar-refractivity contribution < 1.29 is 14.3 Å². The number of amides is 2. The van der Waals surface area contributed by atoms with Crippen molar-refractivity contribution in [1.29, 1.82) is 0 Å². The first-order valence-corrected chi connectivity index (χ1v) is 5.77. The van der Waals surface area contributed by atoms with E-state index in [1.54, 1.807) is 14.0 Å². The van der Waals surface area contributed by atoms with Gasteiger partial charge >= 0.3 is 0 Å². The predicted octanol–water partition coefficient (Wildman–Crippen LogP) is -0.617. The van der Waals surface area contributed by atoms with Crippen molar-refractivity contribution in [3.8, 4) is 0 Å². The normalized spacial score (nSPS) is 13.9. The van der Waals surface area contributed by atoms with Crippen LogP contribution >= 0.6 is 0 Å². The molecule has 2 amide bonds. The summed E-state index contributed by atoms with van der Waals surface area (Å²) in [7, 11) is 1.55. The molecular formula is C11H23N3O3. The van der Waals surface area contributed by atoms with Crippen LogP contribution in [0.25, 0.3) is 0 Å². The van der Waals surface area contributed by atoms with Crippen LogP contribution in [-0.4, -0.2) is 44.2 Å². The number of ether oxygens (including phenoxy) is 1.